The Balaban J connectivity index is 2.15. The van der Waals surface area contributed by atoms with Gasteiger partial charge in [0.05, 0.1) is 0 Å². The lowest BCUT2D eigenvalue weighted by Gasteiger charge is -2.48. The average molecular weight is 445 g/mol. The summed E-state index contributed by atoms with van der Waals surface area (Å²) in [6.07, 6.45) is 0.997. The third-order valence-electron chi connectivity index (χ3n) is 4.60. The zero-order valence-corrected chi connectivity index (χ0v) is 18.2. The fourth-order valence-electron chi connectivity index (χ4n) is 3.53. The van der Waals surface area contributed by atoms with Crippen molar-refractivity contribution in [1.29, 1.82) is 0 Å². The molecule has 9 heteroatoms. The number of thioether (sulfide) groups is 1. The topological polar surface area (TPSA) is 101 Å². The molecule has 0 N–H and O–H groups in total. The Morgan fingerprint density at radius 2 is 1.58 bits per heavy atom. The van der Waals surface area contributed by atoms with Crippen molar-refractivity contribution in [2.24, 2.45) is 0 Å². The molecule has 2 aromatic rings. The maximum absolute atomic E-state index is 12.3. The molecular formula is C22H23NO7S. The standard InChI is InChI=1S/C22H23NO7S/c1-14(24)27-19-13-31-21(29-18-7-5-4-6-8-18)20(28-15(2)25)22(19,30-16(3)26)17-9-11-23-12-10-17/h4-12,19-21H,13H2,1-3H3/t19-,20+,21-,22+/m1/s1. The molecule has 8 nitrogen and oxygen atoms in total. The number of carbonyl (C=O) groups is 3. The largest absolute Gasteiger partial charge is 0.476 e. The van der Waals surface area contributed by atoms with Gasteiger partial charge in [-0.1, -0.05) is 18.2 Å². The molecule has 0 radical (unpaired) electrons. The second-order valence-electron chi connectivity index (χ2n) is 6.88. The number of hydrogen-bond donors (Lipinski definition) is 0. The summed E-state index contributed by atoms with van der Waals surface area (Å²) in [4.78, 5) is 40.3. The van der Waals surface area contributed by atoms with Crippen LogP contribution in [0.25, 0.3) is 0 Å². The van der Waals surface area contributed by atoms with Crippen molar-refractivity contribution in [2.75, 3.05) is 5.75 Å². The quantitative estimate of drug-likeness (QED) is 0.491. The van der Waals surface area contributed by atoms with Crippen molar-refractivity contribution >= 4 is 29.7 Å². The molecule has 1 fully saturated rings. The maximum Gasteiger partial charge on any atom is 0.303 e. The van der Waals surface area contributed by atoms with Gasteiger partial charge in [0.1, 0.15) is 5.75 Å². The number of nitrogens with zero attached hydrogens (tertiary/aromatic N) is 1. The molecule has 31 heavy (non-hydrogen) atoms. The zero-order chi connectivity index (χ0) is 22.4. The molecule has 164 valence electrons. The van der Waals surface area contributed by atoms with E-state index in [1.807, 2.05) is 18.2 Å². The van der Waals surface area contributed by atoms with Gasteiger partial charge in [-0.15, -0.1) is 11.8 Å². The molecular weight excluding hydrogens is 422 g/mol. The van der Waals surface area contributed by atoms with Crippen LogP contribution >= 0.6 is 11.8 Å². The summed E-state index contributed by atoms with van der Waals surface area (Å²) < 4.78 is 23.2. The maximum atomic E-state index is 12.3. The number of ether oxygens (including phenoxy) is 4. The Kier molecular flexibility index (Phi) is 7.17. The second-order valence-corrected chi connectivity index (χ2v) is 8.01. The number of rotatable bonds is 6. The van der Waals surface area contributed by atoms with E-state index < -0.39 is 41.2 Å². The third kappa shape index (κ3) is 5.16. The zero-order valence-electron chi connectivity index (χ0n) is 17.3. The Bertz CT molecular complexity index is 924. The summed E-state index contributed by atoms with van der Waals surface area (Å²) in [7, 11) is 0. The predicted octanol–water partition coefficient (Wildman–Crippen LogP) is 2.86. The highest BCUT2D eigenvalue weighted by Crippen LogP contribution is 2.47. The van der Waals surface area contributed by atoms with E-state index >= 15 is 0 Å². The highest BCUT2D eigenvalue weighted by atomic mass is 32.2. The van der Waals surface area contributed by atoms with Crippen molar-refractivity contribution in [3.05, 3.63) is 60.4 Å². The van der Waals surface area contributed by atoms with Crippen LogP contribution in [0.1, 0.15) is 26.3 Å². The summed E-state index contributed by atoms with van der Waals surface area (Å²) in [6.45, 7) is 3.77. The first kappa shape index (κ1) is 22.6. The highest BCUT2D eigenvalue weighted by molar-refractivity contribution is 7.99. The average Bonchev–Trinajstić information content (AvgIpc) is 2.72. The van der Waals surface area contributed by atoms with Gasteiger partial charge in [-0.25, -0.2) is 0 Å². The lowest BCUT2D eigenvalue weighted by molar-refractivity contribution is -0.222. The molecule has 1 aromatic carbocycles. The van der Waals surface area contributed by atoms with Crippen molar-refractivity contribution < 1.29 is 33.3 Å². The molecule has 0 saturated carbocycles. The molecule has 0 aliphatic carbocycles. The minimum absolute atomic E-state index is 0.241. The second kappa shape index (κ2) is 9.82. The molecule has 1 aromatic heterocycles. The van der Waals surface area contributed by atoms with Gasteiger partial charge in [0.15, 0.2) is 17.6 Å². The lowest BCUT2D eigenvalue weighted by Crippen LogP contribution is -2.63. The number of para-hydroxylation sites is 1. The molecule has 3 rings (SSSR count). The molecule has 4 atom stereocenters. The molecule has 1 aliphatic heterocycles. The van der Waals surface area contributed by atoms with Gasteiger partial charge in [0.25, 0.3) is 0 Å². The van der Waals surface area contributed by atoms with Crippen LogP contribution in [0, 0.1) is 0 Å². The minimum Gasteiger partial charge on any atom is -0.476 e. The van der Waals surface area contributed by atoms with E-state index in [4.69, 9.17) is 18.9 Å². The molecule has 0 unspecified atom stereocenters. The number of benzene rings is 1. The Morgan fingerprint density at radius 3 is 2.16 bits per heavy atom. The molecule has 1 saturated heterocycles. The SMILES string of the molecule is CC(=O)O[C@@H]1CS[C@@H](Oc2ccccc2)[C@H](OC(C)=O)[C@]1(OC(C)=O)c1ccncc1. The predicted molar refractivity (Wildman–Crippen MR) is 112 cm³/mol. The fourth-order valence-corrected chi connectivity index (χ4v) is 4.83. The van der Waals surface area contributed by atoms with Crippen LogP contribution < -0.4 is 4.74 Å². The van der Waals surface area contributed by atoms with E-state index in [-0.39, 0.29) is 5.75 Å². The normalized spacial score (nSPS) is 25.2. The van der Waals surface area contributed by atoms with Gasteiger partial charge in [-0.05, 0) is 24.3 Å². The van der Waals surface area contributed by atoms with E-state index in [0.717, 1.165) is 0 Å². The van der Waals surface area contributed by atoms with Crippen molar-refractivity contribution in [2.45, 2.75) is 44.0 Å². The highest BCUT2D eigenvalue weighted by Gasteiger charge is 2.61. The summed E-state index contributed by atoms with van der Waals surface area (Å²) in [5, 5.41) is 0. The Morgan fingerprint density at radius 1 is 0.935 bits per heavy atom. The first-order valence-electron chi connectivity index (χ1n) is 9.60. The summed E-state index contributed by atoms with van der Waals surface area (Å²) in [6, 6.07) is 12.3. The number of carbonyl (C=O) groups excluding carboxylic acids is 3. The van der Waals surface area contributed by atoms with Crippen molar-refractivity contribution in [1.82, 2.24) is 4.98 Å². The molecule has 0 bridgehead atoms. The summed E-state index contributed by atoms with van der Waals surface area (Å²) in [5.74, 6) is -0.989. The van der Waals surface area contributed by atoms with E-state index in [0.29, 0.717) is 11.3 Å². The van der Waals surface area contributed by atoms with E-state index in [9.17, 15) is 14.4 Å². The van der Waals surface area contributed by atoms with Gasteiger partial charge < -0.3 is 18.9 Å². The van der Waals surface area contributed by atoms with Gasteiger partial charge in [0, 0.05) is 44.5 Å². The van der Waals surface area contributed by atoms with Crippen LogP contribution in [-0.4, -0.2) is 46.3 Å². The third-order valence-corrected chi connectivity index (χ3v) is 5.77. The van der Waals surface area contributed by atoms with Gasteiger partial charge in [-0.3, -0.25) is 19.4 Å². The monoisotopic (exact) mass is 445 g/mol. The van der Waals surface area contributed by atoms with Crippen molar-refractivity contribution in [3.63, 3.8) is 0 Å². The molecule has 0 spiro atoms. The molecule has 0 amide bonds. The lowest BCUT2D eigenvalue weighted by atomic mass is 9.82. The van der Waals surface area contributed by atoms with E-state index in [1.165, 1.54) is 44.9 Å². The van der Waals surface area contributed by atoms with Crippen LogP contribution in [0.3, 0.4) is 0 Å². The number of hydrogen-bond acceptors (Lipinski definition) is 9. The van der Waals surface area contributed by atoms with Crippen LogP contribution in [0.5, 0.6) is 5.75 Å². The summed E-state index contributed by atoms with van der Waals surface area (Å²) >= 11 is 1.30. The van der Waals surface area contributed by atoms with Gasteiger partial charge >= 0.3 is 17.9 Å². The smallest absolute Gasteiger partial charge is 0.303 e. The molecule has 2 heterocycles. The Hall–Kier alpha value is -3.07. The van der Waals surface area contributed by atoms with Gasteiger partial charge in [0.2, 0.25) is 5.60 Å². The minimum atomic E-state index is -1.63. The fraction of sp³-hybridized carbons (Fsp3) is 0.364. The van der Waals surface area contributed by atoms with E-state index in [1.54, 1.807) is 24.3 Å². The first-order valence-corrected chi connectivity index (χ1v) is 10.7. The van der Waals surface area contributed by atoms with Crippen LogP contribution in [0.15, 0.2) is 54.9 Å². The number of pyridine rings is 1. The van der Waals surface area contributed by atoms with Gasteiger partial charge in [-0.2, -0.15) is 0 Å². The van der Waals surface area contributed by atoms with Crippen LogP contribution in [0.4, 0.5) is 0 Å². The molecule has 1 aliphatic rings. The van der Waals surface area contributed by atoms with Crippen LogP contribution in [-0.2, 0) is 34.2 Å². The Labute approximate surface area is 184 Å². The van der Waals surface area contributed by atoms with E-state index in [2.05, 4.69) is 4.98 Å². The number of esters is 3. The summed E-state index contributed by atoms with van der Waals surface area (Å²) in [5.41, 5.74) is -1.90. The number of aromatic nitrogens is 1. The van der Waals surface area contributed by atoms with Crippen LogP contribution in [0.2, 0.25) is 0 Å². The van der Waals surface area contributed by atoms with Crippen molar-refractivity contribution in [3.8, 4) is 5.75 Å². The first-order chi connectivity index (χ1) is 14.8.